The lowest BCUT2D eigenvalue weighted by Gasteiger charge is -2.30. The molecule has 2 heteroatoms. The highest BCUT2D eigenvalue weighted by atomic mass is 15.2. The van der Waals surface area contributed by atoms with Crippen LogP contribution in [0.15, 0.2) is 158 Å². The van der Waals surface area contributed by atoms with Gasteiger partial charge in [0.05, 0.1) is 11.4 Å². The van der Waals surface area contributed by atoms with Crippen LogP contribution >= 0.6 is 0 Å². The topological polar surface area (TPSA) is 6.48 Å². The first kappa shape index (κ1) is 41.2. The molecule has 0 N–H and O–H groups in total. The highest BCUT2D eigenvalue weighted by molar-refractivity contribution is 6.24. The number of rotatable bonds is 10. The molecule has 2 aliphatic rings. The lowest BCUT2D eigenvalue weighted by molar-refractivity contribution is 0.443. The van der Waals surface area contributed by atoms with Gasteiger partial charge in [0.15, 0.2) is 0 Å². The lowest BCUT2D eigenvalue weighted by atomic mass is 9.84. The van der Waals surface area contributed by atoms with Crippen molar-refractivity contribution in [1.82, 2.24) is 0 Å². The Labute approximate surface area is 376 Å². The second kappa shape index (κ2) is 18.1. The van der Waals surface area contributed by atoms with Gasteiger partial charge in [0.25, 0.3) is 0 Å². The van der Waals surface area contributed by atoms with Crippen molar-refractivity contribution in [2.75, 3.05) is 9.80 Å². The van der Waals surface area contributed by atoms with Crippen molar-refractivity contribution < 1.29 is 0 Å². The Morgan fingerprint density at radius 3 is 0.968 bits per heavy atom. The van der Waals surface area contributed by atoms with E-state index in [2.05, 4.69) is 195 Å². The molecule has 0 radical (unpaired) electrons. The van der Waals surface area contributed by atoms with Gasteiger partial charge in [0, 0.05) is 33.5 Å². The Bertz CT molecular complexity index is 2800. The highest BCUT2D eigenvalue weighted by Gasteiger charge is 2.24. The Hall–Kier alpha value is -5.86. The summed E-state index contributed by atoms with van der Waals surface area (Å²) in [7, 11) is 0. The van der Waals surface area contributed by atoms with E-state index in [1.165, 1.54) is 159 Å². The van der Waals surface area contributed by atoms with Crippen molar-refractivity contribution in [3.8, 4) is 0 Å². The molecule has 0 saturated heterocycles. The third kappa shape index (κ3) is 8.26. The van der Waals surface area contributed by atoms with E-state index in [-0.39, 0.29) is 0 Å². The summed E-state index contributed by atoms with van der Waals surface area (Å²) in [5.74, 6) is 2.26. The molecule has 8 aromatic rings. The summed E-state index contributed by atoms with van der Waals surface area (Å²) in [6.07, 6.45) is 14.7. The van der Waals surface area contributed by atoms with Crippen LogP contribution in [0.2, 0.25) is 0 Å². The minimum atomic E-state index is 0.468. The van der Waals surface area contributed by atoms with Crippen LogP contribution in [0.4, 0.5) is 34.1 Å². The van der Waals surface area contributed by atoms with Gasteiger partial charge in [-0.15, -0.1) is 0 Å². The van der Waals surface area contributed by atoms with E-state index in [0.29, 0.717) is 23.7 Å². The third-order valence-electron chi connectivity index (χ3n) is 14.7. The average molecular weight is 825 g/mol. The first-order valence-electron chi connectivity index (χ1n) is 24.3. The summed E-state index contributed by atoms with van der Waals surface area (Å²) in [6.45, 7) is 9.12. The molecule has 63 heavy (non-hydrogen) atoms. The molecule has 2 nitrogen and oxygen atoms in total. The van der Waals surface area contributed by atoms with Crippen molar-refractivity contribution in [1.29, 1.82) is 0 Å². The predicted molar refractivity (Wildman–Crippen MR) is 273 cm³/mol. The summed E-state index contributed by atoms with van der Waals surface area (Å²) in [6, 6.07) is 61.0. The monoisotopic (exact) mass is 825 g/mol. The van der Waals surface area contributed by atoms with Gasteiger partial charge in [-0.2, -0.15) is 0 Å². The summed E-state index contributed by atoms with van der Waals surface area (Å²) < 4.78 is 0. The van der Waals surface area contributed by atoms with E-state index in [4.69, 9.17) is 0 Å². The maximum absolute atomic E-state index is 2.52. The third-order valence-corrected chi connectivity index (χ3v) is 14.7. The van der Waals surface area contributed by atoms with Gasteiger partial charge in [-0.3, -0.25) is 0 Å². The van der Waals surface area contributed by atoms with Crippen molar-refractivity contribution >= 4 is 66.4 Å². The standard InChI is InChI=1S/C61H64N2/c1-42(2)44-24-32-50(33-25-44)62(52-36-28-48(29-37-52)46-16-8-5-6-9-17-46)60-40-58-55-21-13-15-23-57(55)61(41-59(58)54-20-12-14-22-56(54)60)63(51-34-26-45(27-35-51)43(3)4)53-38-30-49(31-39-53)47-18-10-7-11-19-47/h12-15,20-43,46-47H,5-11,16-19H2,1-4H3. The van der Waals surface area contributed by atoms with Gasteiger partial charge in [-0.1, -0.05) is 170 Å². The van der Waals surface area contributed by atoms with Crippen molar-refractivity contribution in [2.24, 2.45) is 0 Å². The van der Waals surface area contributed by atoms with Crippen LogP contribution in [0.5, 0.6) is 0 Å². The number of hydrogen-bond acceptors (Lipinski definition) is 2. The van der Waals surface area contributed by atoms with E-state index in [9.17, 15) is 0 Å². The SMILES string of the molecule is CC(C)c1ccc(N(c2ccc(C3CCCCCC3)cc2)c2cc3c4ccccc4c(N(c4ccc(C(C)C)cc4)c4ccc(C5CCCCC5)cc4)cc3c3ccccc23)cc1. The molecule has 0 bridgehead atoms. The average Bonchev–Trinajstić information content (AvgIpc) is 3.63. The summed E-state index contributed by atoms with van der Waals surface area (Å²) in [5, 5.41) is 7.55. The van der Waals surface area contributed by atoms with Gasteiger partial charge >= 0.3 is 0 Å². The zero-order valence-corrected chi connectivity index (χ0v) is 38.0. The van der Waals surface area contributed by atoms with Crippen LogP contribution in [-0.2, 0) is 0 Å². The zero-order chi connectivity index (χ0) is 42.9. The fraction of sp³-hybridized carbons (Fsp3) is 0.311. The quantitative estimate of drug-likeness (QED) is 0.100. The second-order valence-corrected chi connectivity index (χ2v) is 19.3. The van der Waals surface area contributed by atoms with E-state index in [1.54, 1.807) is 0 Å². The minimum Gasteiger partial charge on any atom is -0.310 e. The Kier molecular flexibility index (Phi) is 11.8. The van der Waals surface area contributed by atoms with Gasteiger partial charge in [0.2, 0.25) is 0 Å². The molecule has 2 aliphatic carbocycles. The van der Waals surface area contributed by atoms with Crippen LogP contribution in [0, 0.1) is 0 Å². The largest absolute Gasteiger partial charge is 0.310 e. The summed E-state index contributed by atoms with van der Waals surface area (Å²) in [4.78, 5) is 5.03. The highest BCUT2D eigenvalue weighted by Crippen LogP contribution is 2.48. The molecule has 0 heterocycles. The van der Waals surface area contributed by atoms with E-state index < -0.39 is 0 Å². The number of fused-ring (bicyclic) bond motifs is 5. The fourth-order valence-electron chi connectivity index (χ4n) is 11.0. The first-order chi connectivity index (χ1) is 30.9. The number of nitrogens with zero attached hydrogens (tertiary/aromatic N) is 2. The van der Waals surface area contributed by atoms with Gasteiger partial charge in [0.1, 0.15) is 0 Å². The van der Waals surface area contributed by atoms with Crippen LogP contribution in [-0.4, -0.2) is 0 Å². The first-order valence-corrected chi connectivity index (χ1v) is 24.3. The Morgan fingerprint density at radius 1 is 0.333 bits per heavy atom. The molecule has 0 aliphatic heterocycles. The molecular formula is C61H64N2. The van der Waals surface area contributed by atoms with Crippen LogP contribution < -0.4 is 9.80 Å². The molecule has 0 atom stereocenters. The van der Waals surface area contributed by atoms with Gasteiger partial charge in [-0.05, 0) is 154 Å². The summed E-state index contributed by atoms with van der Waals surface area (Å²) in [5.41, 5.74) is 12.8. The van der Waals surface area contributed by atoms with Crippen LogP contribution in [0.25, 0.3) is 32.3 Å². The molecule has 2 fully saturated rings. The Morgan fingerprint density at radius 2 is 0.635 bits per heavy atom. The molecule has 0 amide bonds. The van der Waals surface area contributed by atoms with E-state index in [1.807, 2.05) is 0 Å². The van der Waals surface area contributed by atoms with E-state index >= 15 is 0 Å². The normalized spacial score (nSPS) is 15.4. The maximum atomic E-state index is 2.52. The summed E-state index contributed by atoms with van der Waals surface area (Å²) >= 11 is 0. The molecule has 10 rings (SSSR count). The van der Waals surface area contributed by atoms with Crippen LogP contribution in [0.3, 0.4) is 0 Å². The van der Waals surface area contributed by atoms with E-state index in [0.717, 1.165) is 0 Å². The van der Waals surface area contributed by atoms with Crippen molar-refractivity contribution in [2.45, 2.75) is 122 Å². The van der Waals surface area contributed by atoms with Crippen LogP contribution in [0.1, 0.15) is 144 Å². The molecule has 2 saturated carbocycles. The zero-order valence-electron chi connectivity index (χ0n) is 38.0. The lowest BCUT2D eigenvalue weighted by Crippen LogP contribution is -2.12. The predicted octanol–water partition coefficient (Wildman–Crippen LogP) is 18.8. The maximum Gasteiger partial charge on any atom is 0.0546 e. The number of anilines is 6. The van der Waals surface area contributed by atoms with Crippen molar-refractivity contribution in [3.05, 3.63) is 180 Å². The second-order valence-electron chi connectivity index (χ2n) is 19.3. The molecular weight excluding hydrogens is 761 g/mol. The molecule has 8 aromatic carbocycles. The van der Waals surface area contributed by atoms with Crippen molar-refractivity contribution in [3.63, 3.8) is 0 Å². The number of hydrogen-bond donors (Lipinski definition) is 0. The van der Waals surface area contributed by atoms with Gasteiger partial charge < -0.3 is 9.80 Å². The molecule has 0 spiro atoms. The molecule has 0 unspecified atom stereocenters. The number of benzene rings is 8. The minimum absolute atomic E-state index is 0.468. The molecule has 0 aromatic heterocycles. The Balaban J connectivity index is 1.17. The fourth-order valence-corrected chi connectivity index (χ4v) is 11.0. The smallest absolute Gasteiger partial charge is 0.0546 e. The molecule has 318 valence electrons. The van der Waals surface area contributed by atoms with Gasteiger partial charge in [-0.25, -0.2) is 0 Å².